The number of rotatable bonds is 6. The fraction of sp³-hybridized carbons (Fsp3) is 0.353. The van der Waals surface area contributed by atoms with E-state index in [4.69, 9.17) is 9.47 Å². The van der Waals surface area contributed by atoms with Gasteiger partial charge in [-0.3, -0.25) is 4.79 Å². The Morgan fingerprint density at radius 2 is 1.88 bits per heavy atom. The number of benzene rings is 1. The topological polar surface area (TPSA) is 93.7 Å². The molecular formula is C17H20N2O5S2. The highest BCUT2D eigenvalue weighted by molar-refractivity contribution is 7.91. The van der Waals surface area contributed by atoms with Crippen LogP contribution in [0.25, 0.3) is 0 Å². The molecule has 1 aliphatic heterocycles. The molecule has 0 saturated carbocycles. The third kappa shape index (κ3) is 4.17. The van der Waals surface area contributed by atoms with Gasteiger partial charge in [-0.1, -0.05) is 19.9 Å². The van der Waals surface area contributed by atoms with Gasteiger partial charge in [0.25, 0.3) is 10.0 Å². The molecule has 7 nitrogen and oxygen atoms in total. The smallest absolute Gasteiger partial charge is 0.250 e. The zero-order valence-corrected chi connectivity index (χ0v) is 16.0. The number of amides is 1. The lowest BCUT2D eigenvalue weighted by Crippen LogP contribution is -2.46. The van der Waals surface area contributed by atoms with E-state index < -0.39 is 22.0 Å². The van der Waals surface area contributed by atoms with Crippen LogP contribution in [0.3, 0.4) is 0 Å². The lowest BCUT2D eigenvalue weighted by atomic mass is 10.0. The van der Waals surface area contributed by atoms with E-state index in [9.17, 15) is 13.2 Å². The van der Waals surface area contributed by atoms with E-state index in [1.54, 1.807) is 43.5 Å². The normalized spacial score (nSPS) is 14.9. The van der Waals surface area contributed by atoms with E-state index in [-0.39, 0.29) is 10.1 Å². The van der Waals surface area contributed by atoms with Gasteiger partial charge in [-0.15, -0.1) is 11.3 Å². The summed E-state index contributed by atoms with van der Waals surface area (Å²) in [6.07, 6.45) is 0. The molecule has 1 aromatic heterocycles. The van der Waals surface area contributed by atoms with Crippen molar-refractivity contribution in [2.45, 2.75) is 24.1 Å². The molecule has 1 amide bonds. The fourth-order valence-corrected chi connectivity index (χ4v) is 4.83. The van der Waals surface area contributed by atoms with Gasteiger partial charge in [-0.2, -0.15) is 4.72 Å². The van der Waals surface area contributed by atoms with Crippen LogP contribution in [0.2, 0.25) is 0 Å². The van der Waals surface area contributed by atoms with Crippen molar-refractivity contribution >= 4 is 33.0 Å². The summed E-state index contributed by atoms with van der Waals surface area (Å²) in [4.78, 5) is 12.7. The van der Waals surface area contributed by atoms with Crippen molar-refractivity contribution in [1.82, 2.24) is 4.72 Å². The maximum atomic E-state index is 12.7. The van der Waals surface area contributed by atoms with E-state index in [1.165, 1.54) is 6.07 Å². The van der Waals surface area contributed by atoms with Crippen LogP contribution in [0, 0.1) is 5.92 Å². The highest BCUT2D eigenvalue weighted by atomic mass is 32.2. The Hall–Kier alpha value is -2.10. The van der Waals surface area contributed by atoms with Crippen LogP contribution in [0.4, 0.5) is 5.69 Å². The monoisotopic (exact) mass is 396 g/mol. The molecule has 26 heavy (non-hydrogen) atoms. The summed E-state index contributed by atoms with van der Waals surface area (Å²) in [5.74, 6) is 0.501. The number of fused-ring (bicyclic) bond motifs is 1. The number of hydrogen-bond acceptors (Lipinski definition) is 6. The summed E-state index contributed by atoms with van der Waals surface area (Å²) in [6, 6.07) is 7.32. The first-order chi connectivity index (χ1) is 12.4. The minimum atomic E-state index is -3.75. The Kier molecular flexibility index (Phi) is 5.49. The third-order valence-electron chi connectivity index (χ3n) is 3.80. The van der Waals surface area contributed by atoms with Crippen LogP contribution < -0.4 is 19.5 Å². The number of anilines is 1. The van der Waals surface area contributed by atoms with E-state index in [2.05, 4.69) is 10.0 Å². The van der Waals surface area contributed by atoms with Crippen molar-refractivity contribution in [3.05, 3.63) is 35.7 Å². The van der Waals surface area contributed by atoms with E-state index in [0.717, 1.165) is 11.3 Å². The van der Waals surface area contributed by atoms with Gasteiger partial charge < -0.3 is 14.8 Å². The van der Waals surface area contributed by atoms with E-state index in [0.29, 0.717) is 30.4 Å². The molecule has 1 atom stereocenters. The zero-order valence-electron chi connectivity index (χ0n) is 14.4. The zero-order chi connectivity index (χ0) is 18.7. The number of ether oxygens (including phenoxy) is 2. The van der Waals surface area contributed by atoms with Gasteiger partial charge >= 0.3 is 0 Å². The number of thiophene rings is 1. The Morgan fingerprint density at radius 3 is 2.54 bits per heavy atom. The summed E-state index contributed by atoms with van der Waals surface area (Å²) in [7, 11) is -3.75. The molecule has 0 bridgehead atoms. The number of nitrogens with one attached hydrogen (secondary N) is 2. The molecule has 2 aromatic rings. The molecule has 0 radical (unpaired) electrons. The van der Waals surface area contributed by atoms with E-state index in [1.807, 2.05) is 0 Å². The number of carbonyl (C=O) groups is 1. The largest absolute Gasteiger partial charge is 0.486 e. The SMILES string of the molecule is CC(C)[C@H](NS(=O)(=O)c1cccs1)C(=O)Nc1ccc2c(c1)OCCO2. The standard InChI is InChI=1S/C17H20N2O5S2/c1-11(2)16(19-26(21,22)15-4-3-9-25-15)17(20)18-12-5-6-13-14(10-12)24-8-7-23-13/h3-6,9-11,16,19H,7-8H2,1-2H3,(H,18,20)/t16-/m0/s1. The summed E-state index contributed by atoms with van der Waals surface area (Å²) < 4.78 is 38.5. The summed E-state index contributed by atoms with van der Waals surface area (Å²) in [6.45, 7) is 4.49. The van der Waals surface area contributed by atoms with Gasteiger partial charge in [0.1, 0.15) is 23.5 Å². The minimum Gasteiger partial charge on any atom is -0.486 e. The predicted molar refractivity (Wildman–Crippen MR) is 99.3 cm³/mol. The Balaban J connectivity index is 1.75. The van der Waals surface area contributed by atoms with Crippen molar-refractivity contribution in [2.24, 2.45) is 5.92 Å². The van der Waals surface area contributed by atoms with Crippen molar-refractivity contribution in [3.63, 3.8) is 0 Å². The Bertz CT molecular complexity index is 879. The molecule has 0 unspecified atom stereocenters. The number of carbonyl (C=O) groups excluding carboxylic acids is 1. The first kappa shape index (κ1) is 18.7. The molecule has 1 aromatic carbocycles. The second kappa shape index (κ2) is 7.65. The van der Waals surface area contributed by atoms with Crippen LogP contribution in [-0.4, -0.2) is 33.6 Å². The van der Waals surface area contributed by atoms with E-state index >= 15 is 0 Å². The van der Waals surface area contributed by atoms with Crippen LogP contribution in [-0.2, 0) is 14.8 Å². The molecule has 2 heterocycles. The van der Waals surface area contributed by atoms with Crippen molar-refractivity contribution in [1.29, 1.82) is 0 Å². The lowest BCUT2D eigenvalue weighted by Gasteiger charge is -2.22. The first-order valence-corrected chi connectivity index (χ1v) is 10.5. The van der Waals surface area contributed by atoms with Crippen LogP contribution in [0.1, 0.15) is 13.8 Å². The second-order valence-corrected chi connectivity index (χ2v) is 9.01. The molecule has 9 heteroatoms. The molecule has 1 aliphatic rings. The quantitative estimate of drug-likeness (QED) is 0.782. The molecule has 3 rings (SSSR count). The third-order valence-corrected chi connectivity index (χ3v) is 6.64. The highest BCUT2D eigenvalue weighted by Gasteiger charge is 2.29. The lowest BCUT2D eigenvalue weighted by molar-refractivity contribution is -0.118. The maximum Gasteiger partial charge on any atom is 0.250 e. The van der Waals surface area contributed by atoms with Crippen molar-refractivity contribution in [2.75, 3.05) is 18.5 Å². The van der Waals surface area contributed by atoms with Gasteiger partial charge in [0.2, 0.25) is 5.91 Å². The Morgan fingerprint density at radius 1 is 1.15 bits per heavy atom. The first-order valence-electron chi connectivity index (χ1n) is 8.13. The number of hydrogen-bond donors (Lipinski definition) is 2. The van der Waals surface area contributed by atoms with Gasteiger partial charge in [-0.25, -0.2) is 8.42 Å². The second-order valence-electron chi connectivity index (χ2n) is 6.12. The summed E-state index contributed by atoms with van der Waals surface area (Å²) in [5.41, 5.74) is 0.514. The van der Waals surface area contributed by atoms with Gasteiger partial charge in [0.05, 0.1) is 0 Å². The maximum absolute atomic E-state index is 12.7. The van der Waals surface area contributed by atoms with Crippen LogP contribution in [0.5, 0.6) is 11.5 Å². The molecular weight excluding hydrogens is 376 g/mol. The van der Waals surface area contributed by atoms with Crippen LogP contribution >= 0.6 is 11.3 Å². The average Bonchev–Trinajstić information content (AvgIpc) is 3.15. The summed E-state index contributed by atoms with van der Waals surface area (Å²) >= 11 is 1.10. The highest BCUT2D eigenvalue weighted by Crippen LogP contribution is 2.32. The minimum absolute atomic E-state index is 0.176. The van der Waals surface area contributed by atoms with Gasteiger partial charge in [0, 0.05) is 11.8 Å². The molecule has 0 fully saturated rings. The van der Waals surface area contributed by atoms with Gasteiger partial charge in [-0.05, 0) is 29.5 Å². The molecule has 2 N–H and O–H groups in total. The summed E-state index contributed by atoms with van der Waals surface area (Å²) in [5, 5.41) is 4.42. The molecule has 0 spiro atoms. The molecule has 0 saturated heterocycles. The van der Waals surface area contributed by atoms with Crippen molar-refractivity contribution < 1.29 is 22.7 Å². The molecule has 0 aliphatic carbocycles. The number of sulfonamides is 1. The van der Waals surface area contributed by atoms with Gasteiger partial charge in [0.15, 0.2) is 11.5 Å². The average molecular weight is 396 g/mol. The van der Waals surface area contributed by atoms with Crippen molar-refractivity contribution in [3.8, 4) is 11.5 Å². The fourth-order valence-electron chi connectivity index (χ4n) is 2.48. The van der Waals surface area contributed by atoms with Crippen LogP contribution in [0.15, 0.2) is 39.9 Å². The predicted octanol–water partition coefficient (Wildman–Crippen LogP) is 2.46. The molecule has 140 valence electrons. The Labute approximate surface area is 156 Å².